The minimum Gasteiger partial charge on any atom is -0.361 e. The van der Waals surface area contributed by atoms with E-state index in [1.54, 1.807) is 0 Å². The summed E-state index contributed by atoms with van der Waals surface area (Å²) in [5.74, 6) is 0.793. The summed E-state index contributed by atoms with van der Waals surface area (Å²) in [6.07, 6.45) is 7.40. The van der Waals surface area contributed by atoms with Crippen LogP contribution in [0.25, 0.3) is 0 Å². The summed E-state index contributed by atoms with van der Waals surface area (Å²) < 4.78 is 0. The minimum atomic E-state index is 0.793. The zero-order valence-corrected chi connectivity index (χ0v) is 7.35. The van der Waals surface area contributed by atoms with E-state index in [1.165, 1.54) is 12.8 Å². The van der Waals surface area contributed by atoms with E-state index in [0.717, 1.165) is 12.4 Å². The van der Waals surface area contributed by atoms with Gasteiger partial charge in [0.25, 0.3) is 0 Å². The molecule has 0 fully saturated rings. The Hall–Kier alpha value is -1.10. The van der Waals surface area contributed by atoms with Gasteiger partial charge in [0.15, 0.2) is 0 Å². The van der Waals surface area contributed by atoms with Crippen molar-refractivity contribution in [3.05, 3.63) is 12.4 Å². The number of unbranched alkanes of at least 4 members (excludes halogenated alkanes) is 1. The van der Waals surface area contributed by atoms with Gasteiger partial charge in [0.2, 0.25) is 0 Å². The highest BCUT2D eigenvalue weighted by atomic mass is 15.2. The molecule has 0 aliphatic carbocycles. The molecule has 0 bridgehead atoms. The topological polar surface area (TPSA) is 15.3 Å². The van der Waals surface area contributed by atoms with Gasteiger partial charge in [-0.15, -0.1) is 0 Å². The monoisotopic (exact) mass is 152 g/mol. The van der Waals surface area contributed by atoms with Crippen molar-refractivity contribution in [2.24, 2.45) is 0 Å². The standard InChI is InChI=1S/C9H16N2/c1-5-7-8-11(4)9(3)10-6-2/h2,10H,3,5,7-8H2,1,4H3. The third-order valence-corrected chi connectivity index (χ3v) is 1.52. The predicted octanol–water partition coefficient (Wildman–Crippen LogP) is 1.37. The van der Waals surface area contributed by atoms with Gasteiger partial charge in [-0.1, -0.05) is 26.3 Å². The number of hydrogen-bond donors (Lipinski definition) is 1. The molecule has 0 aliphatic heterocycles. The zero-order chi connectivity index (χ0) is 8.69. The normalized spacial score (nSPS) is 8.45. The third-order valence-electron chi connectivity index (χ3n) is 1.52. The van der Waals surface area contributed by atoms with E-state index in [1.807, 2.05) is 11.9 Å². The highest BCUT2D eigenvalue weighted by molar-refractivity contribution is 4.98. The first-order valence-corrected chi connectivity index (χ1v) is 3.84. The van der Waals surface area contributed by atoms with Crippen molar-refractivity contribution < 1.29 is 0 Å². The van der Waals surface area contributed by atoms with Gasteiger partial charge in [0, 0.05) is 19.6 Å². The number of terminal acetylenes is 1. The molecule has 0 atom stereocenters. The maximum Gasteiger partial charge on any atom is 0.105 e. The summed E-state index contributed by atoms with van der Waals surface area (Å²) in [5, 5.41) is 2.71. The second-order valence-corrected chi connectivity index (χ2v) is 2.49. The van der Waals surface area contributed by atoms with Gasteiger partial charge in [0.1, 0.15) is 5.82 Å². The molecular formula is C9H16N2. The summed E-state index contributed by atoms with van der Waals surface area (Å²) in [5.41, 5.74) is 0. The van der Waals surface area contributed by atoms with Crippen molar-refractivity contribution >= 4 is 0 Å². The lowest BCUT2D eigenvalue weighted by Crippen LogP contribution is -2.25. The maximum absolute atomic E-state index is 5.05. The molecule has 0 amide bonds. The summed E-state index contributed by atoms with van der Waals surface area (Å²) in [6, 6.07) is 2.33. The summed E-state index contributed by atoms with van der Waals surface area (Å²) in [7, 11) is 1.97. The van der Waals surface area contributed by atoms with Crippen molar-refractivity contribution in [2.75, 3.05) is 13.6 Å². The Morgan fingerprint density at radius 2 is 2.36 bits per heavy atom. The SMILES string of the molecule is C#CNC(=C)N(C)CCCC. The van der Waals surface area contributed by atoms with Crippen LogP contribution in [-0.4, -0.2) is 18.5 Å². The molecule has 0 aliphatic rings. The van der Waals surface area contributed by atoms with Crippen molar-refractivity contribution in [3.8, 4) is 12.5 Å². The highest BCUT2D eigenvalue weighted by Crippen LogP contribution is 1.96. The molecule has 0 saturated carbocycles. The molecular weight excluding hydrogens is 136 g/mol. The Balaban J connectivity index is 3.57. The molecule has 0 saturated heterocycles. The third kappa shape index (κ3) is 4.32. The number of nitrogens with zero attached hydrogens (tertiary/aromatic N) is 1. The lowest BCUT2D eigenvalue weighted by atomic mass is 10.3. The van der Waals surface area contributed by atoms with Gasteiger partial charge in [-0.05, 0) is 6.42 Å². The second kappa shape index (κ2) is 5.67. The van der Waals surface area contributed by atoms with E-state index < -0.39 is 0 Å². The van der Waals surface area contributed by atoms with E-state index in [2.05, 4.69) is 24.9 Å². The Bertz CT molecular complexity index is 155. The first kappa shape index (κ1) is 9.90. The quantitative estimate of drug-likeness (QED) is 0.473. The van der Waals surface area contributed by atoms with Gasteiger partial charge in [-0.3, -0.25) is 0 Å². The average molecular weight is 152 g/mol. The molecule has 0 rings (SSSR count). The summed E-state index contributed by atoms with van der Waals surface area (Å²) in [4.78, 5) is 2.02. The van der Waals surface area contributed by atoms with Crippen LogP contribution in [-0.2, 0) is 0 Å². The number of nitrogens with one attached hydrogen (secondary N) is 1. The van der Waals surface area contributed by atoms with Crippen LogP contribution >= 0.6 is 0 Å². The lowest BCUT2D eigenvalue weighted by Gasteiger charge is -2.19. The molecule has 0 aromatic carbocycles. The average Bonchev–Trinajstić information content (AvgIpc) is 2.00. The molecule has 0 aromatic heterocycles. The van der Waals surface area contributed by atoms with Crippen LogP contribution in [0.5, 0.6) is 0 Å². The number of hydrogen-bond acceptors (Lipinski definition) is 2. The first-order chi connectivity index (χ1) is 5.22. The molecule has 0 aromatic rings. The summed E-state index contributed by atoms with van der Waals surface area (Å²) >= 11 is 0. The Morgan fingerprint density at radius 1 is 1.73 bits per heavy atom. The van der Waals surface area contributed by atoms with Gasteiger partial charge in [-0.2, -0.15) is 0 Å². The van der Waals surface area contributed by atoms with Gasteiger partial charge in [-0.25, -0.2) is 0 Å². The molecule has 2 nitrogen and oxygen atoms in total. The molecule has 0 spiro atoms. The molecule has 0 heterocycles. The van der Waals surface area contributed by atoms with E-state index in [9.17, 15) is 0 Å². The van der Waals surface area contributed by atoms with Crippen molar-refractivity contribution in [1.29, 1.82) is 0 Å². The van der Waals surface area contributed by atoms with E-state index in [-0.39, 0.29) is 0 Å². The van der Waals surface area contributed by atoms with Gasteiger partial charge < -0.3 is 10.2 Å². The fourth-order valence-electron chi connectivity index (χ4n) is 0.709. The predicted molar refractivity (Wildman–Crippen MR) is 48.6 cm³/mol. The largest absolute Gasteiger partial charge is 0.361 e. The van der Waals surface area contributed by atoms with Crippen LogP contribution < -0.4 is 5.32 Å². The van der Waals surface area contributed by atoms with E-state index in [4.69, 9.17) is 6.42 Å². The van der Waals surface area contributed by atoms with Crippen LogP contribution in [0.1, 0.15) is 19.8 Å². The van der Waals surface area contributed by atoms with Crippen LogP contribution in [0.3, 0.4) is 0 Å². The molecule has 2 heteroatoms. The fourth-order valence-corrected chi connectivity index (χ4v) is 0.709. The molecule has 0 unspecified atom stereocenters. The Morgan fingerprint density at radius 3 is 2.82 bits per heavy atom. The van der Waals surface area contributed by atoms with E-state index >= 15 is 0 Å². The maximum atomic E-state index is 5.05. The lowest BCUT2D eigenvalue weighted by molar-refractivity contribution is 0.391. The van der Waals surface area contributed by atoms with Crippen LogP contribution in [0.15, 0.2) is 12.4 Å². The molecule has 11 heavy (non-hydrogen) atoms. The molecule has 62 valence electrons. The minimum absolute atomic E-state index is 0.793. The Kier molecular flexibility index (Phi) is 5.10. The fraction of sp³-hybridized carbons (Fsp3) is 0.556. The van der Waals surface area contributed by atoms with E-state index in [0.29, 0.717) is 0 Å². The Labute approximate surface area is 69.3 Å². The molecule has 0 radical (unpaired) electrons. The van der Waals surface area contributed by atoms with Gasteiger partial charge >= 0.3 is 0 Å². The van der Waals surface area contributed by atoms with Crippen LogP contribution in [0.2, 0.25) is 0 Å². The zero-order valence-electron chi connectivity index (χ0n) is 7.35. The van der Waals surface area contributed by atoms with Gasteiger partial charge in [0.05, 0.1) is 0 Å². The van der Waals surface area contributed by atoms with Crippen molar-refractivity contribution in [1.82, 2.24) is 10.2 Å². The summed E-state index contributed by atoms with van der Waals surface area (Å²) in [6.45, 7) is 6.93. The highest BCUT2D eigenvalue weighted by Gasteiger charge is 1.97. The van der Waals surface area contributed by atoms with Crippen LogP contribution in [0.4, 0.5) is 0 Å². The first-order valence-electron chi connectivity index (χ1n) is 3.84. The number of rotatable bonds is 5. The van der Waals surface area contributed by atoms with Crippen molar-refractivity contribution in [2.45, 2.75) is 19.8 Å². The molecule has 1 N–H and O–H groups in total. The second-order valence-electron chi connectivity index (χ2n) is 2.49. The van der Waals surface area contributed by atoms with Crippen molar-refractivity contribution in [3.63, 3.8) is 0 Å². The smallest absolute Gasteiger partial charge is 0.105 e. The van der Waals surface area contributed by atoms with Crippen LogP contribution in [0, 0.1) is 12.5 Å².